The number of aromatic nitrogens is 3. The van der Waals surface area contributed by atoms with E-state index in [2.05, 4.69) is 15.4 Å². The zero-order valence-corrected chi connectivity index (χ0v) is 18.3. The number of amides is 2. The molecule has 0 bridgehead atoms. The minimum atomic E-state index is -1.06. The lowest BCUT2D eigenvalue weighted by atomic mass is 9.87. The molecule has 31 heavy (non-hydrogen) atoms. The molecule has 2 aromatic heterocycles. The van der Waals surface area contributed by atoms with Gasteiger partial charge in [0.05, 0.1) is 24.0 Å². The number of rotatable bonds is 4. The molecule has 3 heterocycles. The van der Waals surface area contributed by atoms with Gasteiger partial charge in [0.2, 0.25) is 5.91 Å². The van der Waals surface area contributed by atoms with Crippen molar-refractivity contribution in [3.05, 3.63) is 42.1 Å². The normalized spacial score (nSPS) is 17.2. The van der Waals surface area contributed by atoms with Crippen molar-refractivity contribution in [2.45, 2.75) is 57.7 Å². The van der Waals surface area contributed by atoms with Crippen LogP contribution in [0.25, 0.3) is 5.82 Å². The fourth-order valence-electron chi connectivity index (χ4n) is 3.28. The molecule has 1 atom stereocenters. The van der Waals surface area contributed by atoms with E-state index in [0.717, 1.165) is 11.8 Å². The van der Waals surface area contributed by atoms with Crippen LogP contribution in [0.4, 0.5) is 9.18 Å². The number of hydrogen-bond donors (Lipinski definition) is 2. The molecule has 1 aliphatic rings. The molecule has 1 aliphatic heterocycles. The Kier molecular flexibility index (Phi) is 6.30. The van der Waals surface area contributed by atoms with Gasteiger partial charge < -0.3 is 20.7 Å². The maximum Gasteiger partial charge on any atom is 0.410 e. The maximum absolute atomic E-state index is 13.1. The molecule has 0 aliphatic carbocycles. The number of nitrogens with zero attached hydrogens (tertiary/aromatic N) is 4. The molecule has 2 amide bonds. The van der Waals surface area contributed by atoms with Crippen LogP contribution >= 0.6 is 0 Å². The van der Waals surface area contributed by atoms with Gasteiger partial charge in [0.25, 0.3) is 0 Å². The average Bonchev–Trinajstić information content (AvgIpc) is 3.13. The minimum absolute atomic E-state index is 0.276. The van der Waals surface area contributed by atoms with Crippen molar-refractivity contribution < 1.29 is 18.7 Å². The van der Waals surface area contributed by atoms with Gasteiger partial charge in [0, 0.05) is 19.3 Å². The van der Waals surface area contributed by atoms with Crippen LogP contribution in [-0.2, 0) is 9.53 Å². The largest absolute Gasteiger partial charge is 0.444 e. The first-order valence-electron chi connectivity index (χ1n) is 10.2. The van der Waals surface area contributed by atoms with Crippen molar-refractivity contribution in [1.29, 1.82) is 0 Å². The first-order valence-corrected chi connectivity index (χ1v) is 10.2. The highest BCUT2D eigenvalue weighted by Crippen LogP contribution is 2.23. The second kappa shape index (κ2) is 8.62. The van der Waals surface area contributed by atoms with E-state index in [1.807, 2.05) is 27.7 Å². The summed E-state index contributed by atoms with van der Waals surface area (Å²) in [6, 6.07) is 3.16. The number of nitrogens with one attached hydrogen (secondary N) is 1. The number of pyridine rings is 1. The van der Waals surface area contributed by atoms with Crippen LogP contribution in [0, 0.1) is 5.82 Å². The van der Waals surface area contributed by atoms with Gasteiger partial charge >= 0.3 is 6.09 Å². The van der Waals surface area contributed by atoms with Gasteiger partial charge in [-0.3, -0.25) is 4.79 Å². The fourth-order valence-corrected chi connectivity index (χ4v) is 3.28. The van der Waals surface area contributed by atoms with Crippen LogP contribution in [0.3, 0.4) is 0 Å². The van der Waals surface area contributed by atoms with E-state index in [4.69, 9.17) is 10.5 Å². The molecule has 10 heteroatoms. The average molecular weight is 433 g/mol. The third kappa shape index (κ3) is 5.57. The summed E-state index contributed by atoms with van der Waals surface area (Å²) in [5, 5.41) is 6.80. The van der Waals surface area contributed by atoms with Crippen LogP contribution in [0.15, 0.2) is 30.7 Å². The molecular weight excluding hydrogens is 403 g/mol. The number of hydrogen-bond acceptors (Lipinski definition) is 6. The molecule has 1 saturated heterocycles. The third-order valence-corrected chi connectivity index (χ3v) is 5.16. The molecule has 9 nitrogen and oxygen atoms in total. The zero-order chi connectivity index (χ0) is 22.8. The Hall–Kier alpha value is -3.01. The Morgan fingerprint density at radius 1 is 1.26 bits per heavy atom. The van der Waals surface area contributed by atoms with Crippen molar-refractivity contribution in [3.8, 4) is 5.82 Å². The quantitative estimate of drug-likeness (QED) is 0.766. The molecule has 0 spiro atoms. The Morgan fingerprint density at radius 2 is 1.94 bits per heavy atom. The predicted molar refractivity (Wildman–Crippen MR) is 112 cm³/mol. The zero-order valence-electron chi connectivity index (χ0n) is 18.3. The summed E-state index contributed by atoms with van der Waals surface area (Å²) in [6.45, 7) is 7.97. The third-order valence-electron chi connectivity index (χ3n) is 5.16. The summed E-state index contributed by atoms with van der Waals surface area (Å²) >= 11 is 0. The lowest BCUT2D eigenvalue weighted by Crippen LogP contribution is -2.60. The van der Waals surface area contributed by atoms with Gasteiger partial charge in [-0.1, -0.05) is 6.07 Å². The van der Waals surface area contributed by atoms with E-state index >= 15 is 0 Å². The topological polar surface area (TPSA) is 115 Å². The molecule has 2 aromatic rings. The van der Waals surface area contributed by atoms with Crippen LogP contribution in [0.5, 0.6) is 0 Å². The molecule has 1 unspecified atom stereocenters. The summed E-state index contributed by atoms with van der Waals surface area (Å²) in [4.78, 5) is 30.9. The molecule has 0 radical (unpaired) electrons. The standard InChI is InChI=1S/C21H29FN6O3/c1-14(15-5-6-17(24-11-15)28-13-16(22)12-25-28)26-18(29)21(23)7-9-27(10-8-21)19(30)31-20(2,3)4/h5-6,11-14H,7-10,23H2,1-4H3,(H,26,29). The summed E-state index contributed by atoms with van der Waals surface area (Å²) in [5.74, 6) is -0.254. The molecule has 0 aromatic carbocycles. The van der Waals surface area contributed by atoms with E-state index in [9.17, 15) is 14.0 Å². The highest BCUT2D eigenvalue weighted by atomic mass is 19.1. The molecule has 3 N–H and O–H groups in total. The van der Waals surface area contributed by atoms with E-state index in [1.54, 1.807) is 23.2 Å². The Labute approximate surface area is 180 Å². The number of ether oxygens (including phenoxy) is 1. The molecule has 1 fully saturated rings. The lowest BCUT2D eigenvalue weighted by Gasteiger charge is -2.38. The number of carbonyl (C=O) groups is 2. The second-order valence-electron chi connectivity index (χ2n) is 8.87. The number of likely N-dealkylation sites (tertiary alicyclic amines) is 1. The maximum atomic E-state index is 13.1. The number of piperidine rings is 1. The van der Waals surface area contributed by atoms with Gasteiger partial charge in [-0.05, 0) is 52.2 Å². The first-order chi connectivity index (χ1) is 14.5. The van der Waals surface area contributed by atoms with E-state index in [-0.39, 0.29) is 11.9 Å². The summed E-state index contributed by atoms with van der Waals surface area (Å²) < 4.78 is 19.8. The smallest absolute Gasteiger partial charge is 0.410 e. The highest BCUT2D eigenvalue weighted by Gasteiger charge is 2.40. The summed E-state index contributed by atoms with van der Waals surface area (Å²) in [5.41, 5.74) is 5.51. The molecular formula is C21H29FN6O3. The monoisotopic (exact) mass is 432 g/mol. The van der Waals surface area contributed by atoms with E-state index < -0.39 is 23.1 Å². The van der Waals surface area contributed by atoms with Gasteiger partial charge in [-0.15, -0.1) is 0 Å². The Balaban J connectivity index is 1.56. The highest BCUT2D eigenvalue weighted by molar-refractivity contribution is 5.86. The molecule has 3 rings (SSSR count). The van der Waals surface area contributed by atoms with E-state index in [0.29, 0.717) is 31.7 Å². The van der Waals surface area contributed by atoms with Crippen molar-refractivity contribution >= 4 is 12.0 Å². The van der Waals surface area contributed by atoms with Gasteiger partial charge in [0.1, 0.15) is 5.60 Å². The Bertz CT molecular complexity index is 929. The van der Waals surface area contributed by atoms with Crippen LogP contribution in [0.1, 0.15) is 52.1 Å². The van der Waals surface area contributed by atoms with E-state index in [1.165, 1.54) is 10.9 Å². The fraction of sp³-hybridized carbons (Fsp3) is 0.524. The second-order valence-corrected chi connectivity index (χ2v) is 8.87. The van der Waals surface area contributed by atoms with Crippen molar-refractivity contribution in [1.82, 2.24) is 25.0 Å². The van der Waals surface area contributed by atoms with Gasteiger partial charge in [0.15, 0.2) is 11.6 Å². The van der Waals surface area contributed by atoms with Gasteiger partial charge in [-0.25, -0.2) is 18.9 Å². The van der Waals surface area contributed by atoms with Crippen molar-refractivity contribution in [3.63, 3.8) is 0 Å². The molecule has 168 valence electrons. The Morgan fingerprint density at radius 3 is 2.45 bits per heavy atom. The van der Waals surface area contributed by atoms with Crippen LogP contribution in [-0.4, -0.2) is 55.9 Å². The summed E-state index contributed by atoms with van der Waals surface area (Å²) in [6.07, 6.45) is 4.22. The SMILES string of the molecule is CC(NC(=O)C1(N)CCN(C(=O)OC(C)(C)C)CC1)c1ccc(-n2cc(F)cn2)nc1. The van der Waals surface area contributed by atoms with Crippen molar-refractivity contribution in [2.75, 3.05) is 13.1 Å². The predicted octanol–water partition coefficient (Wildman–Crippen LogP) is 2.31. The minimum Gasteiger partial charge on any atom is -0.444 e. The van der Waals surface area contributed by atoms with Gasteiger partial charge in [-0.2, -0.15) is 5.10 Å². The number of carbonyl (C=O) groups excluding carboxylic acids is 2. The number of halogens is 1. The molecule has 0 saturated carbocycles. The van der Waals surface area contributed by atoms with Crippen LogP contribution < -0.4 is 11.1 Å². The van der Waals surface area contributed by atoms with Crippen molar-refractivity contribution in [2.24, 2.45) is 5.73 Å². The first kappa shape index (κ1) is 22.7. The summed E-state index contributed by atoms with van der Waals surface area (Å²) in [7, 11) is 0. The van der Waals surface area contributed by atoms with Crippen LogP contribution in [0.2, 0.25) is 0 Å². The lowest BCUT2D eigenvalue weighted by molar-refractivity contribution is -0.128. The number of nitrogens with two attached hydrogens (primary N) is 1.